The number of aliphatic carboxylic acids is 1. The van der Waals surface area contributed by atoms with Gasteiger partial charge in [0.15, 0.2) is 5.69 Å². The average Bonchev–Trinajstić information content (AvgIpc) is 2.55. The lowest BCUT2D eigenvalue weighted by atomic mass is 10.0. The number of carbonyl (C=O) groups excluding carboxylic acids is 1. The number of halogens is 1. The molecule has 19 heavy (non-hydrogen) atoms. The third-order valence-electron chi connectivity index (χ3n) is 2.79. The minimum Gasteiger partial charge on any atom is -0.480 e. The van der Waals surface area contributed by atoms with Crippen LogP contribution in [-0.4, -0.2) is 32.8 Å². The van der Waals surface area contributed by atoms with Crippen LogP contribution in [0.4, 0.5) is 0 Å². The van der Waals surface area contributed by atoms with Crippen molar-refractivity contribution in [2.75, 3.05) is 0 Å². The minimum absolute atomic E-state index is 0.0525. The number of amides is 1. The molecule has 1 unspecified atom stereocenters. The molecule has 0 bridgehead atoms. The molecule has 0 saturated heterocycles. The van der Waals surface area contributed by atoms with E-state index in [0.717, 1.165) is 0 Å². The maximum Gasteiger partial charge on any atom is 0.326 e. The Morgan fingerprint density at radius 2 is 2.05 bits per heavy atom. The first kappa shape index (κ1) is 15.5. The maximum absolute atomic E-state index is 12.0. The second kappa shape index (κ2) is 6.06. The van der Waals surface area contributed by atoms with Crippen molar-refractivity contribution in [1.82, 2.24) is 15.1 Å². The molecule has 0 radical (unpaired) electrons. The molecule has 1 rings (SSSR count). The summed E-state index contributed by atoms with van der Waals surface area (Å²) in [4.78, 5) is 23.1. The number of carboxylic acid groups (broad SMARTS) is 1. The topological polar surface area (TPSA) is 84.2 Å². The van der Waals surface area contributed by atoms with E-state index in [-0.39, 0.29) is 16.6 Å². The van der Waals surface area contributed by atoms with Gasteiger partial charge in [0.1, 0.15) is 6.04 Å². The van der Waals surface area contributed by atoms with E-state index in [4.69, 9.17) is 16.7 Å². The van der Waals surface area contributed by atoms with Crippen molar-refractivity contribution in [3.05, 3.63) is 16.4 Å². The summed E-state index contributed by atoms with van der Waals surface area (Å²) < 4.78 is 1.48. The van der Waals surface area contributed by atoms with Gasteiger partial charge < -0.3 is 10.4 Å². The second-order valence-corrected chi connectivity index (χ2v) is 5.24. The number of aryl methyl sites for hydroxylation is 1. The zero-order chi connectivity index (χ0) is 14.7. The molecule has 1 aromatic heterocycles. The molecule has 0 aliphatic rings. The first-order valence-corrected chi connectivity index (χ1v) is 6.34. The van der Waals surface area contributed by atoms with E-state index in [1.54, 1.807) is 14.0 Å². The first-order chi connectivity index (χ1) is 8.73. The normalized spacial score (nSPS) is 12.5. The van der Waals surface area contributed by atoms with Gasteiger partial charge in [0, 0.05) is 7.05 Å². The summed E-state index contributed by atoms with van der Waals surface area (Å²) in [5, 5.41) is 15.7. The summed E-state index contributed by atoms with van der Waals surface area (Å²) in [5.74, 6) is -1.48. The van der Waals surface area contributed by atoms with E-state index >= 15 is 0 Å². The summed E-state index contributed by atoms with van der Waals surface area (Å²) in [6.45, 7) is 5.51. The highest BCUT2D eigenvalue weighted by molar-refractivity contribution is 6.34. The second-order valence-electron chi connectivity index (χ2n) is 4.87. The van der Waals surface area contributed by atoms with Gasteiger partial charge in [-0.05, 0) is 19.3 Å². The zero-order valence-corrected chi connectivity index (χ0v) is 12.2. The first-order valence-electron chi connectivity index (χ1n) is 5.96. The lowest BCUT2D eigenvalue weighted by Crippen LogP contribution is -2.41. The van der Waals surface area contributed by atoms with E-state index < -0.39 is 17.9 Å². The van der Waals surface area contributed by atoms with Crippen LogP contribution in [0.3, 0.4) is 0 Å². The summed E-state index contributed by atoms with van der Waals surface area (Å²) in [5.41, 5.74) is 0.708. The van der Waals surface area contributed by atoms with E-state index in [1.807, 2.05) is 13.8 Å². The molecule has 2 N–H and O–H groups in total. The molecule has 0 aliphatic heterocycles. The third kappa shape index (κ3) is 3.70. The fourth-order valence-corrected chi connectivity index (χ4v) is 1.89. The molecule has 1 amide bonds. The SMILES string of the molecule is Cc1c(Cl)c(C(=O)NC(CC(C)C)C(=O)O)nn1C. The van der Waals surface area contributed by atoms with Gasteiger partial charge >= 0.3 is 5.97 Å². The van der Waals surface area contributed by atoms with Crippen molar-refractivity contribution in [3.63, 3.8) is 0 Å². The van der Waals surface area contributed by atoms with Crippen molar-refractivity contribution in [2.24, 2.45) is 13.0 Å². The van der Waals surface area contributed by atoms with Gasteiger partial charge in [-0.3, -0.25) is 9.48 Å². The number of hydrogen-bond donors (Lipinski definition) is 2. The van der Waals surface area contributed by atoms with E-state index in [9.17, 15) is 9.59 Å². The minimum atomic E-state index is -1.06. The number of rotatable bonds is 5. The highest BCUT2D eigenvalue weighted by atomic mass is 35.5. The number of carboxylic acids is 1. The molecular formula is C12H18ClN3O3. The van der Waals surface area contributed by atoms with Crippen LogP contribution >= 0.6 is 11.6 Å². The number of hydrogen-bond acceptors (Lipinski definition) is 3. The van der Waals surface area contributed by atoms with Crippen molar-refractivity contribution in [1.29, 1.82) is 0 Å². The number of carbonyl (C=O) groups is 2. The molecule has 0 saturated carbocycles. The van der Waals surface area contributed by atoms with Crippen LogP contribution in [0.5, 0.6) is 0 Å². The Labute approximate surface area is 116 Å². The standard InChI is InChI=1S/C12H18ClN3O3/c1-6(2)5-8(12(18)19)14-11(17)10-9(13)7(3)16(4)15-10/h6,8H,5H2,1-4H3,(H,14,17)(H,18,19). The molecule has 0 fully saturated rings. The Kier molecular flexibility index (Phi) is 4.94. The predicted octanol–water partition coefficient (Wildman–Crippen LogP) is 1.61. The maximum atomic E-state index is 12.0. The highest BCUT2D eigenvalue weighted by Gasteiger charge is 2.25. The Morgan fingerprint density at radius 3 is 2.42 bits per heavy atom. The van der Waals surface area contributed by atoms with Crippen molar-refractivity contribution in [2.45, 2.75) is 33.2 Å². The Hall–Kier alpha value is -1.56. The molecule has 1 atom stereocenters. The molecule has 1 heterocycles. The molecule has 0 spiro atoms. The Morgan fingerprint density at radius 1 is 1.47 bits per heavy atom. The summed E-state index contributed by atoms with van der Waals surface area (Å²) in [6.07, 6.45) is 0.352. The number of nitrogens with one attached hydrogen (secondary N) is 1. The quantitative estimate of drug-likeness (QED) is 0.862. The average molecular weight is 288 g/mol. The molecule has 106 valence electrons. The van der Waals surface area contributed by atoms with Gasteiger partial charge in [-0.1, -0.05) is 25.4 Å². The van der Waals surface area contributed by atoms with E-state index in [0.29, 0.717) is 12.1 Å². The van der Waals surface area contributed by atoms with Gasteiger partial charge in [-0.15, -0.1) is 0 Å². The highest BCUT2D eigenvalue weighted by Crippen LogP contribution is 2.19. The monoisotopic (exact) mass is 287 g/mol. The fourth-order valence-electron chi connectivity index (χ4n) is 1.65. The summed E-state index contributed by atoms with van der Waals surface area (Å²) in [6, 6.07) is -0.939. The van der Waals surface area contributed by atoms with Gasteiger partial charge in [0.2, 0.25) is 0 Å². The van der Waals surface area contributed by atoms with Crippen LogP contribution in [0.15, 0.2) is 0 Å². The van der Waals surface area contributed by atoms with Crippen LogP contribution in [0.1, 0.15) is 36.5 Å². The number of nitrogens with zero attached hydrogens (tertiary/aromatic N) is 2. The number of aromatic nitrogens is 2. The zero-order valence-electron chi connectivity index (χ0n) is 11.4. The summed E-state index contributed by atoms with van der Waals surface area (Å²) in [7, 11) is 1.67. The Bertz CT molecular complexity index is 497. The Balaban J connectivity index is 2.88. The van der Waals surface area contributed by atoms with Crippen LogP contribution < -0.4 is 5.32 Å². The molecule has 0 aromatic carbocycles. The molecule has 0 aliphatic carbocycles. The third-order valence-corrected chi connectivity index (χ3v) is 3.24. The molecular weight excluding hydrogens is 270 g/mol. The largest absolute Gasteiger partial charge is 0.480 e. The van der Waals surface area contributed by atoms with Crippen molar-refractivity contribution in [3.8, 4) is 0 Å². The fraction of sp³-hybridized carbons (Fsp3) is 0.583. The van der Waals surface area contributed by atoms with Crippen molar-refractivity contribution < 1.29 is 14.7 Å². The molecule has 1 aromatic rings. The predicted molar refractivity (Wildman–Crippen MR) is 71.3 cm³/mol. The smallest absolute Gasteiger partial charge is 0.326 e. The molecule has 6 nitrogen and oxygen atoms in total. The van der Waals surface area contributed by atoms with Crippen LogP contribution in [0.25, 0.3) is 0 Å². The van der Waals surface area contributed by atoms with E-state index in [2.05, 4.69) is 10.4 Å². The molecule has 7 heteroatoms. The lowest BCUT2D eigenvalue weighted by molar-refractivity contribution is -0.139. The van der Waals surface area contributed by atoms with Crippen LogP contribution in [-0.2, 0) is 11.8 Å². The van der Waals surface area contributed by atoms with Gasteiger partial charge in [0.25, 0.3) is 5.91 Å². The summed E-state index contributed by atoms with van der Waals surface area (Å²) >= 11 is 5.99. The van der Waals surface area contributed by atoms with Crippen LogP contribution in [0.2, 0.25) is 5.02 Å². The lowest BCUT2D eigenvalue weighted by Gasteiger charge is -2.15. The van der Waals surface area contributed by atoms with Gasteiger partial charge in [0.05, 0.1) is 10.7 Å². The van der Waals surface area contributed by atoms with Gasteiger partial charge in [-0.25, -0.2) is 4.79 Å². The van der Waals surface area contributed by atoms with Crippen molar-refractivity contribution >= 4 is 23.5 Å². The van der Waals surface area contributed by atoms with Gasteiger partial charge in [-0.2, -0.15) is 5.10 Å². The van der Waals surface area contributed by atoms with E-state index in [1.165, 1.54) is 4.68 Å². The van der Waals surface area contributed by atoms with Crippen LogP contribution in [0, 0.1) is 12.8 Å².